The molecular weight excluding hydrogens is 364 g/mol. The van der Waals surface area contributed by atoms with Crippen LogP contribution < -0.4 is 15.4 Å². The van der Waals surface area contributed by atoms with E-state index in [4.69, 9.17) is 33.7 Å². The number of benzene rings is 2. The van der Waals surface area contributed by atoms with Crippen molar-refractivity contribution in [3.63, 3.8) is 0 Å². The first-order valence-corrected chi connectivity index (χ1v) is 7.90. The topological polar surface area (TPSA) is 87.7 Å². The van der Waals surface area contributed by atoms with E-state index in [1.807, 2.05) is 0 Å². The van der Waals surface area contributed by atoms with Crippen LogP contribution in [0.2, 0.25) is 5.02 Å². The predicted octanol–water partition coefficient (Wildman–Crippen LogP) is 3.48. The molecule has 0 fully saturated rings. The zero-order valence-electron chi connectivity index (χ0n) is 13.4. The number of aryl methyl sites for hydroxylation is 1. The van der Waals surface area contributed by atoms with Gasteiger partial charge in [0.2, 0.25) is 0 Å². The normalized spacial score (nSPS) is 10.0. The van der Waals surface area contributed by atoms with Crippen molar-refractivity contribution in [2.75, 3.05) is 12.4 Å². The summed E-state index contributed by atoms with van der Waals surface area (Å²) < 4.78 is 5.14. The minimum Gasteiger partial charge on any atom is -0.496 e. The summed E-state index contributed by atoms with van der Waals surface area (Å²) in [7, 11) is 1.45. The fourth-order valence-electron chi connectivity index (χ4n) is 2.12. The molecule has 1 amide bonds. The van der Waals surface area contributed by atoms with Crippen LogP contribution in [0.25, 0.3) is 0 Å². The van der Waals surface area contributed by atoms with Crippen LogP contribution in [0.15, 0.2) is 36.4 Å². The summed E-state index contributed by atoms with van der Waals surface area (Å²) in [5.74, 6) is -1.12. The van der Waals surface area contributed by atoms with E-state index in [-0.39, 0.29) is 16.2 Å². The number of carbonyl (C=O) groups is 2. The maximum absolute atomic E-state index is 12.4. The molecule has 130 valence electrons. The Bertz CT molecular complexity index is 855. The first kappa shape index (κ1) is 18.7. The van der Waals surface area contributed by atoms with Gasteiger partial charge in [-0.3, -0.25) is 10.1 Å². The third kappa shape index (κ3) is 4.68. The van der Waals surface area contributed by atoms with Gasteiger partial charge >= 0.3 is 5.97 Å². The van der Waals surface area contributed by atoms with Crippen LogP contribution in [-0.4, -0.2) is 29.2 Å². The number of methoxy groups -OCH3 is 1. The number of amides is 1. The lowest BCUT2D eigenvalue weighted by atomic mass is 10.1. The van der Waals surface area contributed by atoms with Gasteiger partial charge in [-0.1, -0.05) is 11.6 Å². The van der Waals surface area contributed by atoms with Gasteiger partial charge in [-0.15, -0.1) is 0 Å². The molecule has 0 saturated heterocycles. The fourth-order valence-corrected chi connectivity index (χ4v) is 2.49. The molecule has 0 spiro atoms. The highest BCUT2D eigenvalue weighted by atomic mass is 35.5. The number of carboxylic acid groups (broad SMARTS) is 1. The second-order valence-electron chi connectivity index (χ2n) is 5.09. The number of halogens is 1. The summed E-state index contributed by atoms with van der Waals surface area (Å²) in [6, 6.07) is 9.21. The summed E-state index contributed by atoms with van der Waals surface area (Å²) in [5.41, 5.74) is 1.68. The van der Waals surface area contributed by atoms with Crippen LogP contribution >= 0.6 is 23.8 Å². The minimum absolute atomic E-state index is 0.0678. The highest BCUT2D eigenvalue weighted by Gasteiger charge is 2.15. The number of ether oxygens (including phenoxy) is 1. The van der Waals surface area contributed by atoms with Crippen molar-refractivity contribution >= 4 is 46.5 Å². The number of aromatic carboxylic acids is 1. The molecule has 0 unspecified atom stereocenters. The Labute approximate surface area is 154 Å². The molecule has 0 saturated carbocycles. The number of thiocarbonyl (C=S) groups is 1. The van der Waals surface area contributed by atoms with E-state index in [2.05, 4.69) is 10.6 Å². The first-order valence-electron chi connectivity index (χ1n) is 7.11. The Hall–Kier alpha value is -2.64. The number of rotatable bonds is 4. The van der Waals surface area contributed by atoms with E-state index in [0.29, 0.717) is 22.0 Å². The molecule has 0 aliphatic rings. The van der Waals surface area contributed by atoms with Crippen molar-refractivity contribution in [2.24, 2.45) is 0 Å². The zero-order chi connectivity index (χ0) is 18.6. The second-order valence-corrected chi connectivity index (χ2v) is 5.93. The average molecular weight is 379 g/mol. The predicted molar refractivity (Wildman–Crippen MR) is 99.8 cm³/mol. The number of carboxylic acids is 1. The Morgan fingerprint density at radius 1 is 1.20 bits per heavy atom. The van der Waals surface area contributed by atoms with Crippen molar-refractivity contribution in [3.05, 3.63) is 58.1 Å². The Balaban J connectivity index is 2.11. The van der Waals surface area contributed by atoms with E-state index >= 15 is 0 Å². The van der Waals surface area contributed by atoms with E-state index in [1.165, 1.54) is 25.3 Å². The molecule has 0 heterocycles. The minimum atomic E-state index is -1.02. The Morgan fingerprint density at radius 3 is 2.52 bits per heavy atom. The van der Waals surface area contributed by atoms with Gasteiger partial charge in [0.15, 0.2) is 5.11 Å². The third-order valence-corrected chi connectivity index (χ3v) is 3.79. The van der Waals surface area contributed by atoms with Crippen LogP contribution in [0.4, 0.5) is 5.69 Å². The number of hydrogen-bond donors (Lipinski definition) is 3. The molecular formula is C17H15ClN2O4S. The summed E-state index contributed by atoms with van der Waals surface area (Å²) in [4.78, 5) is 23.3. The van der Waals surface area contributed by atoms with Crippen molar-refractivity contribution in [1.82, 2.24) is 5.32 Å². The monoisotopic (exact) mass is 378 g/mol. The smallest absolute Gasteiger partial charge is 0.335 e. The van der Waals surface area contributed by atoms with Crippen molar-refractivity contribution < 1.29 is 19.4 Å². The van der Waals surface area contributed by atoms with E-state index in [9.17, 15) is 9.59 Å². The van der Waals surface area contributed by atoms with Crippen LogP contribution in [0.5, 0.6) is 5.75 Å². The van der Waals surface area contributed by atoms with Crippen molar-refractivity contribution in [1.29, 1.82) is 0 Å². The van der Waals surface area contributed by atoms with Gasteiger partial charge in [-0.25, -0.2) is 4.79 Å². The van der Waals surface area contributed by atoms with E-state index < -0.39 is 11.9 Å². The summed E-state index contributed by atoms with van der Waals surface area (Å²) in [6.45, 7) is 1.74. The molecule has 25 heavy (non-hydrogen) atoms. The average Bonchev–Trinajstić information content (AvgIpc) is 2.56. The lowest BCUT2D eigenvalue weighted by Gasteiger charge is -2.13. The van der Waals surface area contributed by atoms with Gasteiger partial charge in [0.05, 0.1) is 18.2 Å². The molecule has 0 radical (unpaired) electrons. The molecule has 0 atom stereocenters. The van der Waals surface area contributed by atoms with Gasteiger partial charge < -0.3 is 15.2 Å². The highest BCUT2D eigenvalue weighted by molar-refractivity contribution is 7.80. The SMILES string of the molecule is COc1ccc(Cl)cc1C(=O)NC(=S)Nc1ccc(C(=O)O)cc1C. The molecule has 0 aliphatic heterocycles. The molecule has 6 nitrogen and oxygen atoms in total. The molecule has 8 heteroatoms. The van der Waals surface area contributed by atoms with Gasteiger partial charge in [0.1, 0.15) is 5.75 Å². The Kier molecular flexibility index (Phi) is 5.95. The largest absolute Gasteiger partial charge is 0.496 e. The summed E-state index contributed by atoms with van der Waals surface area (Å²) in [6.07, 6.45) is 0. The second kappa shape index (κ2) is 7.96. The zero-order valence-corrected chi connectivity index (χ0v) is 15.0. The number of carbonyl (C=O) groups excluding carboxylic acids is 1. The molecule has 3 N–H and O–H groups in total. The Morgan fingerprint density at radius 2 is 1.92 bits per heavy atom. The van der Waals surface area contributed by atoms with Crippen molar-refractivity contribution in [3.8, 4) is 5.75 Å². The molecule has 2 aromatic rings. The van der Waals surface area contributed by atoms with Gasteiger partial charge in [-0.2, -0.15) is 0 Å². The van der Waals surface area contributed by atoms with Crippen LogP contribution in [0.1, 0.15) is 26.3 Å². The van der Waals surface area contributed by atoms with Gasteiger partial charge in [-0.05, 0) is 61.1 Å². The quantitative estimate of drug-likeness (QED) is 0.706. The van der Waals surface area contributed by atoms with E-state index in [0.717, 1.165) is 0 Å². The van der Waals surface area contributed by atoms with Crippen LogP contribution in [0.3, 0.4) is 0 Å². The third-order valence-electron chi connectivity index (χ3n) is 3.35. The lowest BCUT2D eigenvalue weighted by Crippen LogP contribution is -2.34. The van der Waals surface area contributed by atoms with Gasteiger partial charge in [0.25, 0.3) is 5.91 Å². The maximum Gasteiger partial charge on any atom is 0.335 e. The van der Waals surface area contributed by atoms with Crippen LogP contribution in [0, 0.1) is 6.92 Å². The lowest BCUT2D eigenvalue weighted by molar-refractivity contribution is 0.0696. The van der Waals surface area contributed by atoms with Crippen LogP contribution in [-0.2, 0) is 0 Å². The van der Waals surface area contributed by atoms with Crippen molar-refractivity contribution in [2.45, 2.75) is 6.92 Å². The summed E-state index contributed by atoms with van der Waals surface area (Å²) >= 11 is 11.0. The molecule has 0 aromatic heterocycles. The summed E-state index contributed by atoms with van der Waals surface area (Å²) in [5, 5.41) is 14.8. The first-order chi connectivity index (χ1) is 11.8. The standard InChI is InChI=1S/C17H15ClN2O4S/c1-9-7-10(16(22)23)3-5-13(9)19-17(25)20-15(21)12-8-11(18)4-6-14(12)24-2/h3-8H,1-2H3,(H,22,23)(H2,19,20,21,25). The van der Waals surface area contributed by atoms with Gasteiger partial charge in [0, 0.05) is 10.7 Å². The molecule has 2 aromatic carbocycles. The number of anilines is 1. The maximum atomic E-state index is 12.4. The molecule has 2 rings (SSSR count). The highest BCUT2D eigenvalue weighted by Crippen LogP contribution is 2.22. The van der Waals surface area contributed by atoms with E-state index in [1.54, 1.807) is 25.1 Å². The fraction of sp³-hybridized carbons (Fsp3) is 0.118. The number of hydrogen-bond acceptors (Lipinski definition) is 4. The molecule has 0 bridgehead atoms. The molecule has 0 aliphatic carbocycles. The number of nitrogens with one attached hydrogen (secondary N) is 2.